The predicted molar refractivity (Wildman–Crippen MR) is 195 cm³/mol. The lowest BCUT2D eigenvalue weighted by molar-refractivity contribution is -0.138. The summed E-state index contributed by atoms with van der Waals surface area (Å²) in [5.41, 5.74) is 1.11. The van der Waals surface area contributed by atoms with E-state index in [1.54, 1.807) is 48.5 Å². The number of ether oxygens (including phenoxy) is 4. The predicted octanol–water partition coefficient (Wildman–Crippen LogP) is 9.04. The van der Waals surface area contributed by atoms with E-state index in [4.69, 9.17) is 18.9 Å². The van der Waals surface area contributed by atoms with Gasteiger partial charge in [-0.15, -0.1) is 0 Å². The molecule has 2 aromatic carbocycles. The van der Waals surface area contributed by atoms with Gasteiger partial charge >= 0.3 is 11.9 Å². The summed E-state index contributed by atoms with van der Waals surface area (Å²) in [7, 11) is 0. The SMILES string of the molecule is CCCCCCOc1ccc(C(=O)Oc2ccc(C=CC(=O)OCCCC)cc2)c(OCCCCCCCCCCCN2C(=O)C=CC2=O)c1. The number of unbranched alkanes of at least 4 members (excludes halogenated alkanes) is 12. The fraction of sp³-hybridized carbons (Fsp3) is 0.512. The molecule has 0 aromatic heterocycles. The van der Waals surface area contributed by atoms with Gasteiger partial charge in [-0.1, -0.05) is 96.6 Å². The van der Waals surface area contributed by atoms with Gasteiger partial charge in [0.1, 0.15) is 22.8 Å². The normalized spacial score (nSPS) is 12.6. The summed E-state index contributed by atoms with van der Waals surface area (Å²) in [6.07, 6.45) is 21.3. The highest BCUT2D eigenvalue weighted by atomic mass is 16.5. The molecule has 0 saturated heterocycles. The first kappa shape index (κ1) is 40.0. The zero-order valence-electron chi connectivity index (χ0n) is 30.0. The number of rotatable bonds is 26. The number of benzene rings is 2. The highest BCUT2D eigenvalue weighted by molar-refractivity contribution is 6.12. The topological polar surface area (TPSA) is 108 Å². The first-order chi connectivity index (χ1) is 24.4. The van der Waals surface area contributed by atoms with Crippen LogP contribution in [0.5, 0.6) is 17.2 Å². The van der Waals surface area contributed by atoms with Crippen LogP contribution in [0.1, 0.15) is 126 Å². The molecule has 9 heteroatoms. The molecule has 3 rings (SSSR count). The summed E-state index contributed by atoms with van der Waals surface area (Å²) >= 11 is 0. The van der Waals surface area contributed by atoms with Crippen molar-refractivity contribution in [1.82, 2.24) is 4.90 Å². The van der Waals surface area contributed by atoms with Crippen LogP contribution in [-0.2, 0) is 19.1 Å². The Morgan fingerprint density at radius 1 is 0.640 bits per heavy atom. The van der Waals surface area contributed by atoms with E-state index in [1.165, 1.54) is 29.5 Å². The summed E-state index contributed by atoms with van der Waals surface area (Å²) in [6, 6.07) is 12.2. The van der Waals surface area contributed by atoms with Crippen molar-refractivity contribution in [1.29, 1.82) is 0 Å². The van der Waals surface area contributed by atoms with E-state index in [-0.39, 0.29) is 17.8 Å². The van der Waals surface area contributed by atoms with E-state index in [1.807, 2.05) is 6.92 Å². The third-order valence-corrected chi connectivity index (χ3v) is 8.37. The van der Waals surface area contributed by atoms with Crippen LogP contribution < -0.4 is 14.2 Å². The Labute approximate surface area is 298 Å². The molecular weight excluding hydrogens is 634 g/mol. The van der Waals surface area contributed by atoms with E-state index in [2.05, 4.69) is 6.92 Å². The number of amides is 2. The Balaban J connectivity index is 1.42. The fourth-order valence-corrected chi connectivity index (χ4v) is 5.38. The van der Waals surface area contributed by atoms with Crippen LogP contribution in [0.15, 0.2) is 60.7 Å². The standard InChI is InChI=1S/C41H55NO8/c1-3-5-7-16-30-47-35-23-24-36(41(46)50-34-21-18-33(19-22-34)20-27-40(45)49-29-6-4-2)37(32-35)48-31-17-14-12-10-8-9-11-13-15-28-42-38(43)25-26-39(42)44/h18-27,32H,3-17,28-31H2,1-2H3. The Morgan fingerprint density at radius 3 is 1.88 bits per heavy atom. The average molecular weight is 690 g/mol. The molecule has 1 aliphatic rings. The van der Waals surface area contributed by atoms with Gasteiger partial charge in [-0.3, -0.25) is 14.5 Å². The monoisotopic (exact) mass is 689 g/mol. The summed E-state index contributed by atoms with van der Waals surface area (Å²) in [6.45, 7) is 6.21. The maximum atomic E-state index is 13.2. The second-order valence-electron chi connectivity index (χ2n) is 12.6. The Kier molecular flexibility index (Phi) is 19.1. The van der Waals surface area contributed by atoms with E-state index < -0.39 is 5.97 Å². The molecule has 0 unspecified atom stereocenters. The largest absolute Gasteiger partial charge is 0.493 e. The van der Waals surface area contributed by atoms with Crippen molar-refractivity contribution in [2.45, 2.75) is 110 Å². The molecule has 50 heavy (non-hydrogen) atoms. The van der Waals surface area contributed by atoms with E-state index in [9.17, 15) is 19.2 Å². The molecule has 2 aromatic rings. The van der Waals surface area contributed by atoms with Crippen LogP contribution in [0.3, 0.4) is 0 Å². The molecule has 0 spiro atoms. The Bertz CT molecular complexity index is 1380. The summed E-state index contributed by atoms with van der Waals surface area (Å²) in [5.74, 6) is 0.169. The van der Waals surface area contributed by atoms with Crippen molar-refractivity contribution in [2.75, 3.05) is 26.4 Å². The summed E-state index contributed by atoms with van der Waals surface area (Å²) in [5, 5.41) is 0. The molecule has 9 nitrogen and oxygen atoms in total. The smallest absolute Gasteiger partial charge is 0.347 e. The zero-order valence-corrected chi connectivity index (χ0v) is 30.0. The van der Waals surface area contributed by atoms with Crippen molar-refractivity contribution in [3.05, 3.63) is 71.8 Å². The molecule has 1 aliphatic heterocycles. The van der Waals surface area contributed by atoms with Gasteiger partial charge in [-0.05, 0) is 61.6 Å². The molecular formula is C41H55NO8. The van der Waals surface area contributed by atoms with E-state index in [0.29, 0.717) is 49.2 Å². The fourth-order valence-electron chi connectivity index (χ4n) is 5.38. The molecule has 0 fully saturated rings. The third-order valence-electron chi connectivity index (χ3n) is 8.37. The van der Waals surface area contributed by atoms with Crippen molar-refractivity contribution < 1.29 is 38.1 Å². The molecule has 1 heterocycles. The van der Waals surface area contributed by atoms with Gasteiger partial charge in [-0.25, -0.2) is 9.59 Å². The number of hydrogen-bond acceptors (Lipinski definition) is 8. The highest BCUT2D eigenvalue weighted by Gasteiger charge is 2.22. The molecule has 0 N–H and O–H groups in total. The molecule has 0 aliphatic carbocycles. The Hall–Kier alpha value is -4.40. The third kappa shape index (κ3) is 15.4. The quantitative estimate of drug-likeness (QED) is 0.0317. The van der Waals surface area contributed by atoms with Crippen molar-refractivity contribution in [2.24, 2.45) is 0 Å². The zero-order chi connectivity index (χ0) is 35.8. The number of carbonyl (C=O) groups excluding carboxylic acids is 4. The van der Waals surface area contributed by atoms with Crippen LogP contribution in [-0.4, -0.2) is 55.0 Å². The number of carbonyl (C=O) groups is 4. The van der Waals surface area contributed by atoms with Crippen LogP contribution in [0.4, 0.5) is 0 Å². The first-order valence-electron chi connectivity index (χ1n) is 18.5. The van der Waals surface area contributed by atoms with Crippen LogP contribution in [0, 0.1) is 0 Å². The number of hydrogen-bond donors (Lipinski definition) is 0. The lowest BCUT2D eigenvalue weighted by Gasteiger charge is -2.14. The molecule has 0 radical (unpaired) electrons. The van der Waals surface area contributed by atoms with Crippen molar-refractivity contribution in [3.8, 4) is 17.2 Å². The first-order valence-corrected chi connectivity index (χ1v) is 18.5. The minimum Gasteiger partial charge on any atom is -0.493 e. The molecule has 2 amide bonds. The lowest BCUT2D eigenvalue weighted by Crippen LogP contribution is -2.30. The molecule has 0 atom stereocenters. The lowest BCUT2D eigenvalue weighted by atomic mass is 10.1. The average Bonchev–Trinajstić information content (AvgIpc) is 3.44. The van der Waals surface area contributed by atoms with Gasteiger partial charge in [-0.2, -0.15) is 0 Å². The van der Waals surface area contributed by atoms with Crippen molar-refractivity contribution >= 4 is 29.8 Å². The number of esters is 2. The van der Waals surface area contributed by atoms with Gasteiger partial charge in [0.15, 0.2) is 0 Å². The molecule has 0 bridgehead atoms. The van der Waals surface area contributed by atoms with Gasteiger partial charge in [0.05, 0.1) is 19.8 Å². The molecule has 0 saturated carbocycles. The van der Waals surface area contributed by atoms with Crippen LogP contribution in [0.25, 0.3) is 6.08 Å². The van der Waals surface area contributed by atoms with Gasteiger partial charge < -0.3 is 18.9 Å². The van der Waals surface area contributed by atoms with Gasteiger partial charge in [0, 0.05) is 30.8 Å². The van der Waals surface area contributed by atoms with Crippen LogP contribution in [0.2, 0.25) is 0 Å². The summed E-state index contributed by atoms with van der Waals surface area (Å²) < 4.78 is 22.9. The minimum absolute atomic E-state index is 0.204. The van der Waals surface area contributed by atoms with Gasteiger partial charge in [0.2, 0.25) is 0 Å². The number of imide groups is 1. The maximum Gasteiger partial charge on any atom is 0.347 e. The second-order valence-corrected chi connectivity index (χ2v) is 12.6. The van der Waals surface area contributed by atoms with Gasteiger partial charge in [0.25, 0.3) is 11.8 Å². The van der Waals surface area contributed by atoms with E-state index in [0.717, 1.165) is 95.5 Å². The maximum absolute atomic E-state index is 13.2. The van der Waals surface area contributed by atoms with Crippen LogP contribution >= 0.6 is 0 Å². The summed E-state index contributed by atoms with van der Waals surface area (Å²) in [4.78, 5) is 49.6. The number of nitrogens with zero attached hydrogens (tertiary/aromatic N) is 1. The Morgan fingerprint density at radius 2 is 1.22 bits per heavy atom. The van der Waals surface area contributed by atoms with E-state index >= 15 is 0 Å². The molecule has 272 valence electrons. The van der Waals surface area contributed by atoms with Crippen molar-refractivity contribution in [3.63, 3.8) is 0 Å². The minimum atomic E-state index is -0.521. The highest BCUT2D eigenvalue weighted by Crippen LogP contribution is 2.28. The second kappa shape index (κ2) is 23.9.